The van der Waals surface area contributed by atoms with Crippen LogP contribution in [0.4, 0.5) is 0 Å². The fourth-order valence-corrected chi connectivity index (χ4v) is 1.55. The van der Waals surface area contributed by atoms with Gasteiger partial charge < -0.3 is 4.98 Å². The van der Waals surface area contributed by atoms with Gasteiger partial charge in [-0.3, -0.25) is 4.79 Å². The Bertz CT molecular complexity index is 532. The number of hydrogen-bond acceptors (Lipinski definition) is 2. The minimum atomic E-state index is -0.167. The monoisotopic (exact) mass is 261 g/mol. The summed E-state index contributed by atoms with van der Waals surface area (Å²) in [6.07, 6.45) is 3.62. The molecule has 0 aliphatic rings. The normalized spacial score (nSPS) is 10.7. The lowest BCUT2D eigenvalue weighted by molar-refractivity contribution is -0.120. The molecular formula is C13H12ClN3O. The van der Waals surface area contributed by atoms with E-state index in [1.54, 1.807) is 24.5 Å². The number of halogens is 1. The molecule has 5 heteroatoms. The van der Waals surface area contributed by atoms with Crippen molar-refractivity contribution in [2.75, 3.05) is 0 Å². The molecular weight excluding hydrogens is 250 g/mol. The molecule has 0 saturated heterocycles. The van der Waals surface area contributed by atoms with Gasteiger partial charge >= 0.3 is 0 Å². The molecule has 0 spiro atoms. The van der Waals surface area contributed by atoms with E-state index in [4.69, 9.17) is 11.6 Å². The number of hydrogen-bond donors (Lipinski definition) is 2. The van der Waals surface area contributed by atoms with E-state index in [2.05, 4.69) is 15.5 Å². The Morgan fingerprint density at radius 3 is 2.78 bits per heavy atom. The van der Waals surface area contributed by atoms with Crippen molar-refractivity contribution in [2.45, 2.75) is 6.42 Å². The van der Waals surface area contributed by atoms with E-state index in [1.807, 2.05) is 24.3 Å². The number of hydrazone groups is 1. The molecule has 2 rings (SSSR count). The molecule has 1 heterocycles. The number of H-pyrrole nitrogens is 1. The van der Waals surface area contributed by atoms with Crippen LogP contribution in [0.15, 0.2) is 47.7 Å². The van der Waals surface area contributed by atoms with E-state index in [-0.39, 0.29) is 12.3 Å². The largest absolute Gasteiger partial charge is 0.360 e. The first-order chi connectivity index (χ1) is 8.74. The number of aromatic amines is 1. The highest BCUT2D eigenvalue weighted by molar-refractivity contribution is 6.30. The van der Waals surface area contributed by atoms with E-state index in [1.165, 1.54) is 0 Å². The molecule has 92 valence electrons. The summed E-state index contributed by atoms with van der Waals surface area (Å²) in [5, 5.41) is 4.50. The zero-order valence-corrected chi connectivity index (χ0v) is 10.3. The quantitative estimate of drug-likeness (QED) is 0.644. The van der Waals surface area contributed by atoms with Gasteiger partial charge in [0.25, 0.3) is 0 Å². The highest BCUT2D eigenvalue weighted by Gasteiger charge is 2.01. The van der Waals surface area contributed by atoms with Gasteiger partial charge in [-0.1, -0.05) is 23.7 Å². The summed E-state index contributed by atoms with van der Waals surface area (Å²) in [7, 11) is 0. The van der Waals surface area contributed by atoms with Crippen molar-refractivity contribution in [3.63, 3.8) is 0 Å². The fraction of sp³-hybridized carbons (Fsp3) is 0.0769. The van der Waals surface area contributed by atoms with Crippen molar-refractivity contribution in [1.82, 2.24) is 10.4 Å². The third kappa shape index (κ3) is 3.75. The first kappa shape index (κ1) is 12.4. The molecule has 0 unspecified atom stereocenters. The zero-order chi connectivity index (χ0) is 12.8. The van der Waals surface area contributed by atoms with Crippen LogP contribution < -0.4 is 5.43 Å². The van der Waals surface area contributed by atoms with Crippen molar-refractivity contribution >= 4 is 23.7 Å². The third-order valence-corrected chi connectivity index (χ3v) is 2.54. The van der Waals surface area contributed by atoms with Crippen LogP contribution in [0.3, 0.4) is 0 Å². The molecule has 0 aliphatic carbocycles. The van der Waals surface area contributed by atoms with E-state index in [9.17, 15) is 4.79 Å². The van der Waals surface area contributed by atoms with Crippen molar-refractivity contribution < 1.29 is 4.79 Å². The van der Waals surface area contributed by atoms with Gasteiger partial charge in [-0.15, -0.1) is 0 Å². The molecule has 0 atom stereocenters. The average Bonchev–Trinajstić information content (AvgIpc) is 2.85. The van der Waals surface area contributed by atoms with Crippen LogP contribution in [-0.2, 0) is 11.2 Å². The van der Waals surface area contributed by atoms with E-state index in [0.717, 1.165) is 11.3 Å². The van der Waals surface area contributed by atoms with Gasteiger partial charge in [-0.2, -0.15) is 5.10 Å². The highest BCUT2D eigenvalue weighted by atomic mass is 35.5. The summed E-state index contributed by atoms with van der Waals surface area (Å²) in [5.41, 5.74) is 4.19. The maximum Gasteiger partial charge on any atom is 0.244 e. The first-order valence-corrected chi connectivity index (χ1v) is 5.81. The molecule has 2 N–H and O–H groups in total. The number of rotatable bonds is 4. The number of aromatic nitrogens is 1. The average molecular weight is 262 g/mol. The van der Waals surface area contributed by atoms with Gasteiger partial charge in [0.15, 0.2) is 0 Å². The third-order valence-electron chi connectivity index (χ3n) is 2.29. The molecule has 4 nitrogen and oxygen atoms in total. The molecule has 1 aromatic carbocycles. The second kappa shape index (κ2) is 6.02. The van der Waals surface area contributed by atoms with Gasteiger partial charge in [0.05, 0.1) is 18.3 Å². The molecule has 1 aromatic heterocycles. The lowest BCUT2D eigenvalue weighted by atomic mass is 10.1. The van der Waals surface area contributed by atoms with E-state index < -0.39 is 0 Å². The summed E-state index contributed by atoms with van der Waals surface area (Å²) < 4.78 is 0. The molecule has 0 saturated carbocycles. The van der Waals surface area contributed by atoms with Crippen molar-refractivity contribution in [3.8, 4) is 0 Å². The molecule has 0 bridgehead atoms. The Morgan fingerprint density at radius 2 is 2.11 bits per heavy atom. The van der Waals surface area contributed by atoms with Crippen molar-refractivity contribution in [3.05, 3.63) is 58.9 Å². The standard InChI is InChI=1S/C13H12ClN3O/c14-11-5-3-10(4-6-11)8-13(18)17-16-9-12-2-1-7-15-12/h1-7,9,15H,8H2,(H,17,18)/b16-9-. The maximum absolute atomic E-state index is 11.6. The SMILES string of the molecule is O=C(Cc1ccc(Cl)cc1)N/N=C\c1ccc[nH]1. The van der Waals surface area contributed by atoms with E-state index >= 15 is 0 Å². The summed E-state index contributed by atoms with van der Waals surface area (Å²) in [6, 6.07) is 10.9. The highest BCUT2D eigenvalue weighted by Crippen LogP contribution is 2.09. The molecule has 1 amide bonds. The molecule has 0 aliphatic heterocycles. The Hall–Kier alpha value is -2.07. The Balaban J connectivity index is 1.84. The van der Waals surface area contributed by atoms with Crippen LogP contribution >= 0.6 is 11.6 Å². The second-order valence-corrected chi connectivity index (χ2v) is 4.16. The van der Waals surface area contributed by atoms with Crippen LogP contribution in [0.1, 0.15) is 11.3 Å². The van der Waals surface area contributed by atoms with Gasteiger partial charge in [-0.25, -0.2) is 5.43 Å². The predicted molar refractivity (Wildman–Crippen MR) is 71.7 cm³/mol. The number of amides is 1. The van der Waals surface area contributed by atoms with Crippen LogP contribution in [0, 0.1) is 0 Å². The second-order valence-electron chi connectivity index (χ2n) is 3.72. The fourth-order valence-electron chi connectivity index (χ4n) is 1.43. The number of nitrogens with zero attached hydrogens (tertiary/aromatic N) is 1. The first-order valence-electron chi connectivity index (χ1n) is 5.44. The van der Waals surface area contributed by atoms with E-state index in [0.29, 0.717) is 5.02 Å². The van der Waals surface area contributed by atoms with Crippen LogP contribution in [0.2, 0.25) is 5.02 Å². The molecule has 0 fully saturated rings. The molecule has 0 radical (unpaired) electrons. The Morgan fingerprint density at radius 1 is 1.33 bits per heavy atom. The van der Waals surface area contributed by atoms with Gasteiger partial charge in [-0.05, 0) is 29.8 Å². The lowest BCUT2D eigenvalue weighted by Crippen LogP contribution is -2.19. The number of carbonyl (C=O) groups excluding carboxylic acids is 1. The van der Waals surface area contributed by atoms with Gasteiger partial charge in [0.2, 0.25) is 5.91 Å². The summed E-state index contributed by atoms with van der Waals surface area (Å²) in [4.78, 5) is 14.5. The van der Waals surface area contributed by atoms with Gasteiger partial charge in [0.1, 0.15) is 0 Å². The van der Waals surface area contributed by atoms with Crippen LogP contribution in [0.5, 0.6) is 0 Å². The number of carbonyl (C=O) groups is 1. The minimum Gasteiger partial charge on any atom is -0.360 e. The number of benzene rings is 1. The van der Waals surface area contributed by atoms with Crippen LogP contribution in [-0.4, -0.2) is 17.1 Å². The zero-order valence-electron chi connectivity index (χ0n) is 9.56. The molecule has 18 heavy (non-hydrogen) atoms. The lowest BCUT2D eigenvalue weighted by Gasteiger charge is -2.00. The maximum atomic E-state index is 11.6. The minimum absolute atomic E-state index is 0.167. The van der Waals surface area contributed by atoms with Gasteiger partial charge in [0, 0.05) is 11.2 Å². The van der Waals surface area contributed by atoms with Crippen LogP contribution in [0.25, 0.3) is 0 Å². The summed E-state index contributed by atoms with van der Waals surface area (Å²) in [6.45, 7) is 0. The van der Waals surface area contributed by atoms with Crippen molar-refractivity contribution in [1.29, 1.82) is 0 Å². The smallest absolute Gasteiger partial charge is 0.244 e. The Kier molecular flexibility index (Phi) is 4.15. The van der Waals surface area contributed by atoms with Crippen molar-refractivity contribution in [2.24, 2.45) is 5.10 Å². The Labute approximate surface area is 110 Å². The number of nitrogens with one attached hydrogen (secondary N) is 2. The summed E-state index contributed by atoms with van der Waals surface area (Å²) in [5.74, 6) is -0.167. The topological polar surface area (TPSA) is 57.2 Å². The summed E-state index contributed by atoms with van der Waals surface area (Å²) >= 11 is 5.76. The predicted octanol–water partition coefficient (Wildman–Crippen LogP) is 2.36. The molecule has 2 aromatic rings.